The molecule has 0 bridgehead atoms. The van der Waals surface area contributed by atoms with Gasteiger partial charge in [0.2, 0.25) is 5.95 Å². The van der Waals surface area contributed by atoms with Crippen molar-refractivity contribution in [2.24, 2.45) is 0 Å². The molecular weight excluding hydrogens is 240 g/mol. The largest absolute Gasteiger partial charge is 0.383 e. The first-order chi connectivity index (χ1) is 9.22. The Hall–Kier alpha value is -1.46. The van der Waals surface area contributed by atoms with Crippen LogP contribution in [-0.4, -0.2) is 43.3 Å². The fraction of sp³-hybridized carbons (Fsp3) is 0.571. The van der Waals surface area contributed by atoms with E-state index in [0.29, 0.717) is 6.61 Å². The molecule has 0 aliphatic carbocycles. The molecule has 5 heteroatoms. The minimum absolute atomic E-state index is 0.648. The Balaban J connectivity index is 2.80. The molecule has 0 saturated carbocycles. The first-order valence-corrected chi connectivity index (χ1v) is 6.60. The summed E-state index contributed by atoms with van der Waals surface area (Å²) in [7, 11) is 1.69. The van der Waals surface area contributed by atoms with E-state index >= 15 is 0 Å². The molecule has 0 atom stereocenters. The number of nitrogens with zero attached hydrogens (tertiary/aromatic N) is 3. The Morgan fingerprint density at radius 1 is 1.53 bits per heavy atom. The summed E-state index contributed by atoms with van der Waals surface area (Å²) in [6.45, 7) is 11.7. The molecule has 19 heavy (non-hydrogen) atoms. The summed E-state index contributed by atoms with van der Waals surface area (Å²) in [5.41, 5.74) is 2.15. The van der Waals surface area contributed by atoms with Gasteiger partial charge in [0.05, 0.1) is 6.61 Å². The molecule has 106 valence electrons. The van der Waals surface area contributed by atoms with Crippen molar-refractivity contribution in [1.82, 2.24) is 15.3 Å². The Morgan fingerprint density at radius 3 is 2.89 bits per heavy atom. The van der Waals surface area contributed by atoms with Crippen molar-refractivity contribution in [1.29, 1.82) is 0 Å². The molecule has 0 amide bonds. The van der Waals surface area contributed by atoms with Crippen LogP contribution in [0, 0.1) is 6.92 Å². The van der Waals surface area contributed by atoms with Crippen LogP contribution in [0.25, 0.3) is 0 Å². The minimum Gasteiger partial charge on any atom is -0.383 e. The summed E-state index contributed by atoms with van der Waals surface area (Å²) < 4.78 is 5.11. The van der Waals surface area contributed by atoms with Crippen molar-refractivity contribution in [3.63, 3.8) is 0 Å². The normalized spacial score (nSPS) is 10.5. The molecule has 1 aromatic heterocycles. The van der Waals surface area contributed by atoms with Gasteiger partial charge in [-0.1, -0.05) is 13.0 Å². The highest BCUT2D eigenvalue weighted by molar-refractivity contribution is 5.33. The average molecular weight is 264 g/mol. The van der Waals surface area contributed by atoms with Crippen LogP contribution in [0.15, 0.2) is 18.9 Å². The highest BCUT2D eigenvalue weighted by Crippen LogP contribution is 2.11. The number of rotatable bonds is 9. The molecule has 0 unspecified atom stereocenters. The monoisotopic (exact) mass is 264 g/mol. The van der Waals surface area contributed by atoms with Crippen LogP contribution in [0.5, 0.6) is 0 Å². The van der Waals surface area contributed by atoms with Gasteiger partial charge in [0.1, 0.15) is 0 Å². The van der Waals surface area contributed by atoms with E-state index in [4.69, 9.17) is 4.74 Å². The average Bonchev–Trinajstić information content (AvgIpc) is 2.42. The number of anilines is 1. The first-order valence-electron chi connectivity index (χ1n) is 6.60. The molecule has 0 radical (unpaired) electrons. The van der Waals surface area contributed by atoms with Crippen LogP contribution in [0.1, 0.15) is 18.2 Å². The van der Waals surface area contributed by atoms with Crippen LogP contribution < -0.4 is 10.2 Å². The maximum atomic E-state index is 5.11. The van der Waals surface area contributed by atoms with Crippen LogP contribution in [0.4, 0.5) is 5.95 Å². The molecule has 1 aromatic rings. The van der Waals surface area contributed by atoms with Crippen molar-refractivity contribution in [3.8, 4) is 0 Å². The number of ether oxygens (including phenoxy) is 1. The Morgan fingerprint density at radius 2 is 2.32 bits per heavy atom. The van der Waals surface area contributed by atoms with Crippen molar-refractivity contribution in [3.05, 3.63) is 30.1 Å². The quantitative estimate of drug-likeness (QED) is 0.686. The first kappa shape index (κ1) is 15.6. The van der Waals surface area contributed by atoms with Crippen molar-refractivity contribution in [2.75, 3.05) is 38.3 Å². The number of nitrogens with one attached hydrogen (secondary N) is 1. The van der Waals surface area contributed by atoms with Gasteiger partial charge in [-0.25, -0.2) is 9.97 Å². The predicted molar refractivity (Wildman–Crippen MR) is 78.4 cm³/mol. The number of methoxy groups -OCH3 is 1. The lowest BCUT2D eigenvalue weighted by atomic mass is 10.2. The van der Waals surface area contributed by atoms with Gasteiger partial charge in [-0.2, -0.15) is 0 Å². The van der Waals surface area contributed by atoms with E-state index in [2.05, 4.69) is 33.7 Å². The van der Waals surface area contributed by atoms with Crippen molar-refractivity contribution < 1.29 is 4.74 Å². The summed E-state index contributed by atoms with van der Waals surface area (Å²) in [6, 6.07) is 0. The fourth-order valence-corrected chi connectivity index (χ4v) is 1.70. The van der Waals surface area contributed by atoms with Crippen LogP contribution in [-0.2, 0) is 11.3 Å². The molecule has 0 aliphatic heterocycles. The van der Waals surface area contributed by atoms with Gasteiger partial charge in [-0.3, -0.25) is 0 Å². The second-order valence-electron chi connectivity index (χ2n) is 4.29. The van der Waals surface area contributed by atoms with Crippen LogP contribution in [0.3, 0.4) is 0 Å². The SMILES string of the molecule is C=CCN(CCOC)c1ncc(CNCC)c(C)n1. The summed E-state index contributed by atoms with van der Waals surface area (Å²) in [4.78, 5) is 11.1. The smallest absolute Gasteiger partial charge is 0.225 e. The number of aryl methyl sites for hydroxylation is 1. The van der Waals surface area contributed by atoms with Gasteiger partial charge in [0, 0.05) is 44.2 Å². The van der Waals surface area contributed by atoms with E-state index in [9.17, 15) is 0 Å². The third kappa shape index (κ3) is 4.96. The molecule has 0 aliphatic rings. The third-order valence-corrected chi connectivity index (χ3v) is 2.83. The van der Waals surface area contributed by atoms with Gasteiger partial charge < -0.3 is 15.0 Å². The predicted octanol–water partition coefficient (Wildman–Crippen LogP) is 1.53. The summed E-state index contributed by atoms with van der Waals surface area (Å²) in [6.07, 6.45) is 3.74. The lowest BCUT2D eigenvalue weighted by Gasteiger charge is -2.21. The molecule has 0 spiro atoms. The number of aromatic nitrogens is 2. The van der Waals surface area contributed by atoms with Gasteiger partial charge in [0.15, 0.2) is 0 Å². The number of hydrogen-bond acceptors (Lipinski definition) is 5. The summed E-state index contributed by atoms with van der Waals surface area (Å²) in [5.74, 6) is 0.731. The van der Waals surface area contributed by atoms with E-state index in [1.54, 1.807) is 7.11 Å². The third-order valence-electron chi connectivity index (χ3n) is 2.83. The van der Waals surface area contributed by atoms with Crippen LogP contribution in [0.2, 0.25) is 0 Å². The molecule has 1 N–H and O–H groups in total. The Kier molecular flexibility index (Phi) is 7.07. The molecular formula is C14H24N4O. The van der Waals surface area contributed by atoms with Gasteiger partial charge >= 0.3 is 0 Å². The zero-order valence-corrected chi connectivity index (χ0v) is 12.1. The number of hydrogen-bond donors (Lipinski definition) is 1. The summed E-state index contributed by atoms with van der Waals surface area (Å²) in [5, 5.41) is 3.28. The Bertz CT molecular complexity index is 395. The van der Waals surface area contributed by atoms with E-state index in [-0.39, 0.29) is 0 Å². The lowest BCUT2D eigenvalue weighted by molar-refractivity contribution is 0.205. The lowest BCUT2D eigenvalue weighted by Crippen LogP contribution is -2.29. The highest BCUT2D eigenvalue weighted by Gasteiger charge is 2.09. The maximum absolute atomic E-state index is 5.11. The van der Waals surface area contributed by atoms with Crippen molar-refractivity contribution in [2.45, 2.75) is 20.4 Å². The summed E-state index contributed by atoms with van der Waals surface area (Å²) >= 11 is 0. The molecule has 1 heterocycles. The second kappa shape index (κ2) is 8.61. The van der Waals surface area contributed by atoms with Crippen LogP contribution >= 0.6 is 0 Å². The van der Waals surface area contributed by atoms with Crippen molar-refractivity contribution >= 4 is 5.95 Å². The van der Waals surface area contributed by atoms with Gasteiger partial charge in [-0.15, -0.1) is 6.58 Å². The van der Waals surface area contributed by atoms with E-state index in [0.717, 1.165) is 43.4 Å². The van der Waals surface area contributed by atoms with E-state index in [1.807, 2.05) is 19.2 Å². The fourth-order valence-electron chi connectivity index (χ4n) is 1.70. The Labute approximate surface area is 115 Å². The maximum Gasteiger partial charge on any atom is 0.225 e. The molecule has 1 rings (SSSR count). The van der Waals surface area contributed by atoms with E-state index in [1.165, 1.54) is 0 Å². The zero-order valence-electron chi connectivity index (χ0n) is 12.1. The molecule has 0 saturated heterocycles. The highest BCUT2D eigenvalue weighted by atomic mass is 16.5. The molecule has 5 nitrogen and oxygen atoms in total. The molecule has 0 fully saturated rings. The van der Waals surface area contributed by atoms with E-state index < -0.39 is 0 Å². The van der Waals surface area contributed by atoms with Gasteiger partial charge in [-0.05, 0) is 13.5 Å². The molecule has 0 aromatic carbocycles. The van der Waals surface area contributed by atoms with Gasteiger partial charge in [0.25, 0.3) is 0 Å². The minimum atomic E-state index is 0.648. The standard InChI is InChI=1S/C14H24N4O/c1-5-7-18(8-9-19-4)14-16-11-13(10-15-6-2)12(3)17-14/h5,11,15H,1,6-10H2,2-4H3. The second-order valence-corrected chi connectivity index (χ2v) is 4.29. The topological polar surface area (TPSA) is 50.3 Å². The zero-order chi connectivity index (χ0) is 14.1.